The number of anilines is 1. The molecule has 2 aliphatic rings. The number of rotatable bonds is 3. The van der Waals surface area contributed by atoms with E-state index in [9.17, 15) is 0 Å². The van der Waals surface area contributed by atoms with E-state index in [0.29, 0.717) is 0 Å². The molecule has 1 aromatic rings. The number of hydrogen-bond donors (Lipinski definition) is 0. The summed E-state index contributed by atoms with van der Waals surface area (Å²) in [5.74, 6) is 1.20. The first-order valence-electron chi connectivity index (χ1n) is 6.92. The molecule has 4 nitrogen and oxygen atoms in total. The molecule has 0 bridgehead atoms. The summed E-state index contributed by atoms with van der Waals surface area (Å²) in [5.41, 5.74) is 1.36. The number of morpholine rings is 1. The van der Waals surface area contributed by atoms with E-state index < -0.39 is 0 Å². The highest BCUT2D eigenvalue weighted by Crippen LogP contribution is 2.23. The lowest BCUT2D eigenvalue weighted by atomic mass is 10.2. The van der Waals surface area contributed by atoms with Gasteiger partial charge in [0.1, 0.15) is 5.82 Å². The van der Waals surface area contributed by atoms with Crippen molar-refractivity contribution in [2.24, 2.45) is 0 Å². The smallest absolute Gasteiger partial charge is 0.133 e. The Morgan fingerprint density at radius 3 is 2.67 bits per heavy atom. The molecule has 2 aliphatic heterocycles. The van der Waals surface area contributed by atoms with E-state index in [0.717, 1.165) is 45.9 Å². The van der Waals surface area contributed by atoms with Crippen LogP contribution in [0.25, 0.3) is 0 Å². The molecule has 0 amide bonds. The van der Waals surface area contributed by atoms with Crippen molar-refractivity contribution >= 4 is 5.82 Å². The van der Waals surface area contributed by atoms with Crippen LogP contribution in [0.2, 0.25) is 0 Å². The van der Waals surface area contributed by atoms with Gasteiger partial charge in [0.25, 0.3) is 0 Å². The molecule has 2 saturated heterocycles. The first kappa shape index (κ1) is 11.9. The van der Waals surface area contributed by atoms with Crippen LogP contribution >= 0.6 is 0 Å². The van der Waals surface area contributed by atoms with Crippen LogP contribution in [0.15, 0.2) is 18.3 Å². The molecule has 3 rings (SSSR count). The number of aromatic nitrogens is 1. The maximum atomic E-state index is 5.40. The lowest BCUT2D eigenvalue weighted by molar-refractivity contribution is 0.0342. The summed E-state index contributed by atoms with van der Waals surface area (Å²) in [6.07, 6.45) is 4.51. The third-order valence-corrected chi connectivity index (χ3v) is 3.77. The van der Waals surface area contributed by atoms with Crippen LogP contribution in [0.1, 0.15) is 18.4 Å². The Morgan fingerprint density at radius 2 is 1.89 bits per heavy atom. The topological polar surface area (TPSA) is 28.6 Å². The van der Waals surface area contributed by atoms with E-state index in [2.05, 4.69) is 26.9 Å². The van der Waals surface area contributed by atoms with Crippen LogP contribution in [0.5, 0.6) is 0 Å². The van der Waals surface area contributed by atoms with Gasteiger partial charge >= 0.3 is 0 Å². The zero-order valence-corrected chi connectivity index (χ0v) is 10.8. The van der Waals surface area contributed by atoms with Gasteiger partial charge in [0.2, 0.25) is 0 Å². The molecule has 0 unspecified atom stereocenters. The second kappa shape index (κ2) is 5.67. The zero-order chi connectivity index (χ0) is 12.2. The van der Waals surface area contributed by atoms with Gasteiger partial charge < -0.3 is 9.64 Å². The molecule has 0 N–H and O–H groups in total. The van der Waals surface area contributed by atoms with Gasteiger partial charge in [-0.25, -0.2) is 4.98 Å². The number of nitrogens with zero attached hydrogens (tertiary/aromatic N) is 3. The largest absolute Gasteiger partial charge is 0.379 e. The Bertz CT molecular complexity index is 384. The molecule has 0 spiro atoms. The minimum atomic E-state index is 0.860. The average Bonchev–Trinajstić information content (AvgIpc) is 2.94. The van der Waals surface area contributed by atoms with Crippen LogP contribution in [0.3, 0.4) is 0 Å². The average molecular weight is 247 g/mol. The molecule has 0 atom stereocenters. The molecule has 0 aromatic carbocycles. The Balaban J connectivity index is 1.73. The van der Waals surface area contributed by atoms with E-state index in [4.69, 9.17) is 4.74 Å². The molecule has 0 saturated carbocycles. The molecule has 98 valence electrons. The van der Waals surface area contributed by atoms with E-state index in [1.54, 1.807) is 0 Å². The van der Waals surface area contributed by atoms with Crippen LogP contribution in [0, 0.1) is 0 Å². The van der Waals surface area contributed by atoms with Gasteiger partial charge in [-0.3, -0.25) is 4.90 Å². The highest BCUT2D eigenvalue weighted by atomic mass is 16.5. The lowest BCUT2D eigenvalue weighted by Crippen LogP contribution is -2.36. The highest BCUT2D eigenvalue weighted by Gasteiger charge is 2.19. The lowest BCUT2D eigenvalue weighted by Gasteiger charge is -2.28. The van der Waals surface area contributed by atoms with Gasteiger partial charge in [-0.1, -0.05) is 6.07 Å². The standard InChI is InChI=1S/C14H21N3O/c1-2-7-17(6-1)14-13(4-3-5-15-14)12-16-8-10-18-11-9-16/h3-5H,1-2,6-12H2. The van der Waals surface area contributed by atoms with Gasteiger partial charge in [0, 0.05) is 44.5 Å². The fraction of sp³-hybridized carbons (Fsp3) is 0.643. The normalized spacial score (nSPS) is 21.4. The van der Waals surface area contributed by atoms with E-state index in [1.807, 2.05) is 6.20 Å². The first-order valence-corrected chi connectivity index (χ1v) is 6.92. The van der Waals surface area contributed by atoms with Crippen molar-refractivity contribution in [1.29, 1.82) is 0 Å². The van der Waals surface area contributed by atoms with E-state index >= 15 is 0 Å². The first-order chi connectivity index (χ1) is 8.93. The maximum Gasteiger partial charge on any atom is 0.133 e. The third kappa shape index (κ3) is 2.65. The fourth-order valence-electron chi connectivity index (χ4n) is 2.77. The maximum absolute atomic E-state index is 5.40. The molecule has 0 aliphatic carbocycles. The monoisotopic (exact) mass is 247 g/mol. The van der Waals surface area contributed by atoms with Gasteiger partial charge in [-0.15, -0.1) is 0 Å². The second-order valence-corrected chi connectivity index (χ2v) is 5.07. The third-order valence-electron chi connectivity index (χ3n) is 3.77. The van der Waals surface area contributed by atoms with E-state index in [1.165, 1.54) is 24.2 Å². The van der Waals surface area contributed by atoms with Crippen LogP contribution in [0.4, 0.5) is 5.82 Å². The Hall–Kier alpha value is -1.13. The van der Waals surface area contributed by atoms with Crippen molar-refractivity contribution in [3.8, 4) is 0 Å². The van der Waals surface area contributed by atoms with Crippen molar-refractivity contribution in [2.45, 2.75) is 19.4 Å². The predicted octanol–water partition coefficient (Wildman–Crippen LogP) is 1.51. The van der Waals surface area contributed by atoms with Crippen molar-refractivity contribution in [3.63, 3.8) is 0 Å². The Morgan fingerprint density at radius 1 is 1.11 bits per heavy atom. The summed E-state index contributed by atoms with van der Waals surface area (Å²) in [4.78, 5) is 9.48. The fourth-order valence-corrected chi connectivity index (χ4v) is 2.77. The van der Waals surface area contributed by atoms with Crippen molar-refractivity contribution in [2.75, 3.05) is 44.3 Å². The van der Waals surface area contributed by atoms with Crippen molar-refractivity contribution in [3.05, 3.63) is 23.9 Å². The van der Waals surface area contributed by atoms with Crippen LogP contribution in [-0.2, 0) is 11.3 Å². The Labute approximate surface area is 109 Å². The van der Waals surface area contributed by atoms with Gasteiger partial charge in [-0.2, -0.15) is 0 Å². The quantitative estimate of drug-likeness (QED) is 0.809. The molecular formula is C14H21N3O. The molecule has 1 aromatic heterocycles. The predicted molar refractivity (Wildman–Crippen MR) is 71.8 cm³/mol. The molecule has 18 heavy (non-hydrogen) atoms. The summed E-state index contributed by atoms with van der Waals surface area (Å²) in [7, 11) is 0. The number of pyridine rings is 1. The second-order valence-electron chi connectivity index (χ2n) is 5.07. The van der Waals surface area contributed by atoms with E-state index in [-0.39, 0.29) is 0 Å². The number of hydrogen-bond acceptors (Lipinski definition) is 4. The van der Waals surface area contributed by atoms with Gasteiger partial charge in [0.05, 0.1) is 13.2 Å². The summed E-state index contributed by atoms with van der Waals surface area (Å²) in [6, 6.07) is 4.27. The summed E-state index contributed by atoms with van der Waals surface area (Å²) < 4.78 is 5.40. The molecule has 3 heterocycles. The highest BCUT2D eigenvalue weighted by molar-refractivity contribution is 5.47. The summed E-state index contributed by atoms with van der Waals surface area (Å²) in [6.45, 7) is 7.12. The molecule has 0 radical (unpaired) electrons. The van der Waals surface area contributed by atoms with Gasteiger partial charge in [-0.05, 0) is 18.9 Å². The van der Waals surface area contributed by atoms with Crippen molar-refractivity contribution < 1.29 is 4.74 Å². The van der Waals surface area contributed by atoms with Crippen LogP contribution in [-0.4, -0.2) is 49.3 Å². The Kier molecular flexibility index (Phi) is 3.76. The SMILES string of the molecule is c1cnc(N2CCCC2)c(CN2CCOCC2)c1. The minimum Gasteiger partial charge on any atom is -0.379 e. The van der Waals surface area contributed by atoms with Gasteiger partial charge in [0.15, 0.2) is 0 Å². The number of ether oxygens (including phenoxy) is 1. The summed E-state index contributed by atoms with van der Waals surface area (Å²) >= 11 is 0. The molecule has 4 heteroatoms. The zero-order valence-electron chi connectivity index (χ0n) is 10.8. The van der Waals surface area contributed by atoms with Crippen LogP contribution < -0.4 is 4.90 Å². The van der Waals surface area contributed by atoms with Crippen molar-refractivity contribution in [1.82, 2.24) is 9.88 Å². The summed E-state index contributed by atoms with van der Waals surface area (Å²) in [5, 5.41) is 0. The minimum absolute atomic E-state index is 0.860. The molecule has 2 fully saturated rings. The molecular weight excluding hydrogens is 226 g/mol.